The smallest absolute Gasteiger partial charge is 0.268 e. The molecule has 7 heteroatoms. The molecule has 7 nitrogen and oxygen atoms in total. The average molecular weight is 493 g/mol. The van der Waals surface area contributed by atoms with Gasteiger partial charge >= 0.3 is 0 Å². The number of carbonyl (C=O) groups is 2. The van der Waals surface area contributed by atoms with E-state index in [0.29, 0.717) is 22.7 Å². The largest absolute Gasteiger partial charge is 0.507 e. The minimum atomic E-state index is -2.14. The lowest BCUT2D eigenvalue weighted by atomic mass is 9.86. The third-order valence-electron chi connectivity index (χ3n) is 7.09. The highest BCUT2D eigenvalue weighted by Crippen LogP contribution is 2.50. The number of carbonyl (C=O) groups excluding carboxylic acids is 2. The quantitative estimate of drug-likeness (QED) is 0.446. The Morgan fingerprint density at radius 1 is 0.838 bits per heavy atom. The van der Waals surface area contributed by atoms with Gasteiger partial charge in [-0.3, -0.25) is 9.59 Å². The molecule has 2 amide bonds. The molecule has 1 unspecified atom stereocenters. The molecule has 2 aliphatic rings. The molecule has 4 aromatic rings. The summed E-state index contributed by atoms with van der Waals surface area (Å²) in [6, 6.07) is 27.7. The third-order valence-corrected chi connectivity index (χ3v) is 7.09. The number of fused-ring (bicyclic) bond motifs is 2. The Balaban J connectivity index is 1.39. The molecule has 2 heterocycles. The van der Waals surface area contributed by atoms with Gasteiger partial charge in [-0.1, -0.05) is 72.8 Å². The van der Waals surface area contributed by atoms with E-state index in [9.17, 15) is 19.8 Å². The number of rotatable bonds is 4. The first-order valence-electron chi connectivity index (χ1n) is 11.9. The van der Waals surface area contributed by atoms with Gasteiger partial charge in [0.2, 0.25) is 0 Å². The number of para-hydroxylation sites is 1. The molecule has 1 atom stereocenters. The van der Waals surface area contributed by atoms with Crippen LogP contribution in [0, 0.1) is 0 Å². The number of hydrogen-bond acceptors (Lipinski definition) is 5. The van der Waals surface area contributed by atoms with Crippen molar-refractivity contribution in [2.75, 3.05) is 23.5 Å². The first-order chi connectivity index (χ1) is 17.9. The molecule has 0 saturated heterocycles. The van der Waals surface area contributed by atoms with Crippen molar-refractivity contribution in [2.24, 2.45) is 0 Å². The van der Waals surface area contributed by atoms with Gasteiger partial charge in [-0.05, 0) is 28.8 Å². The van der Waals surface area contributed by atoms with E-state index in [4.69, 9.17) is 4.74 Å². The van der Waals surface area contributed by atoms with Crippen LogP contribution in [0.25, 0.3) is 11.1 Å². The van der Waals surface area contributed by atoms with Crippen molar-refractivity contribution in [3.8, 4) is 22.6 Å². The van der Waals surface area contributed by atoms with E-state index in [-0.39, 0.29) is 30.4 Å². The van der Waals surface area contributed by atoms with E-state index in [1.807, 2.05) is 54.6 Å². The van der Waals surface area contributed by atoms with Crippen molar-refractivity contribution in [3.63, 3.8) is 0 Å². The van der Waals surface area contributed by atoms with Crippen molar-refractivity contribution in [1.82, 2.24) is 0 Å². The summed E-state index contributed by atoms with van der Waals surface area (Å²) >= 11 is 0. The van der Waals surface area contributed by atoms with E-state index < -0.39 is 11.5 Å². The summed E-state index contributed by atoms with van der Waals surface area (Å²) in [6.07, 6.45) is 0. The number of amides is 2. The van der Waals surface area contributed by atoms with Crippen molar-refractivity contribution >= 4 is 23.2 Å². The maximum atomic E-state index is 13.9. The summed E-state index contributed by atoms with van der Waals surface area (Å²) in [5.74, 6) is -0.834. The van der Waals surface area contributed by atoms with Crippen LogP contribution in [0.2, 0.25) is 0 Å². The zero-order valence-corrected chi connectivity index (χ0v) is 20.1. The van der Waals surface area contributed by atoms with Crippen molar-refractivity contribution in [1.29, 1.82) is 0 Å². The zero-order valence-electron chi connectivity index (χ0n) is 20.1. The third kappa shape index (κ3) is 3.55. The fourth-order valence-electron chi connectivity index (χ4n) is 5.06. The second-order valence-corrected chi connectivity index (χ2v) is 9.26. The first-order valence-corrected chi connectivity index (χ1v) is 11.9. The monoisotopic (exact) mass is 492 g/mol. The first kappa shape index (κ1) is 22.8. The average Bonchev–Trinajstić information content (AvgIpc) is 3.14. The number of ether oxygens (including phenoxy) is 1. The molecule has 4 aromatic carbocycles. The molecule has 37 heavy (non-hydrogen) atoms. The summed E-state index contributed by atoms with van der Waals surface area (Å²) in [5, 5.41) is 22.9. The van der Waals surface area contributed by atoms with E-state index in [1.54, 1.807) is 31.3 Å². The van der Waals surface area contributed by atoms with Gasteiger partial charge in [0, 0.05) is 24.2 Å². The Labute approximate surface area is 213 Å². The Kier molecular flexibility index (Phi) is 5.24. The minimum Gasteiger partial charge on any atom is -0.507 e. The predicted octanol–water partition coefficient (Wildman–Crippen LogP) is 4.20. The molecule has 6 rings (SSSR count). The number of nitrogens with zero attached hydrogens (tertiary/aromatic N) is 2. The molecule has 0 bridgehead atoms. The van der Waals surface area contributed by atoms with Crippen LogP contribution in [-0.4, -0.2) is 35.7 Å². The van der Waals surface area contributed by atoms with Crippen molar-refractivity contribution in [2.45, 2.75) is 12.1 Å². The summed E-state index contributed by atoms with van der Waals surface area (Å²) in [5.41, 5.74) is 2.20. The number of benzene rings is 4. The van der Waals surface area contributed by atoms with Crippen molar-refractivity contribution < 1.29 is 24.5 Å². The van der Waals surface area contributed by atoms with Crippen LogP contribution in [0.15, 0.2) is 91.0 Å². The molecule has 0 fully saturated rings. The molecule has 0 saturated carbocycles. The van der Waals surface area contributed by atoms with Crippen LogP contribution in [0.1, 0.15) is 16.7 Å². The maximum absolute atomic E-state index is 13.9. The highest BCUT2D eigenvalue weighted by atomic mass is 16.5. The SMILES string of the molecule is CN1C(=O)COc2cc(O)c(C3(O)C(=O)N(Cc4ccc(-c5ccccc5)cc4)c4ccccc43)cc21. The lowest BCUT2D eigenvalue weighted by Gasteiger charge is -2.30. The number of phenols is 1. The highest BCUT2D eigenvalue weighted by Gasteiger charge is 2.52. The Morgan fingerprint density at radius 2 is 1.51 bits per heavy atom. The topological polar surface area (TPSA) is 90.3 Å². The minimum absolute atomic E-state index is 0.00391. The molecule has 0 aromatic heterocycles. The molecule has 0 spiro atoms. The van der Waals surface area contributed by atoms with Gasteiger partial charge in [-0.15, -0.1) is 0 Å². The van der Waals surface area contributed by atoms with Crippen LogP contribution in [0.5, 0.6) is 11.5 Å². The van der Waals surface area contributed by atoms with Gasteiger partial charge < -0.3 is 24.7 Å². The normalized spacial score (nSPS) is 18.4. The van der Waals surface area contributed by atoms with Gasteiger partial charge in [-0.2, -0.15) is 0 Å². The second kappa shape index (κ2) is 8.50. The van der Waals surface area contributed by atoms with Crippen molar-refractivity contribution in [3.05, 3.63) is 108 Å². The number of hydrogen-bond donors (Lipinski definition) is 2. The van der Waals surface area contributed by atoms with Crippen LogP contribution in [-0.2, 0) is 21.7 Å². The molecule has 0 radical (unpaired) electrons. The van der Waals surface area contributed by atoms with Gasteiger partial charge in [0.1, 0.15) is 11.5 Å². The summed E-state index contributed by atoms with van der Waals surface area (Å²) in [7, 11) is 1.59. The molecule has 184 valence electrons. The van der Waals surface area contributed by atoms with Gasteiger partial charge in [0.15, 0.2) is 12.2 Å². The molecule has 2 N–H and O–H groups in total. The second-order valence-electron chi connectivity index (χ2n) is 9.26. The van der Waals surface area contributed by atoms with Gasteiger partial charge in [-0.25, -0.2) is 0 Å². The van der Waals surface area contributed by atoms with Crippen LogP contribution < -0.4 is 14.5 Å². The number of likely N-dealkylation sites (N-methyl/N-ethyl adjacent to an activating group) is 1. The fraction of sp³-hybridized carbons (Fsp3) is 0.133. The Morgan fingerprint density at radius 3 is 2.27 bits per heavy atom. The standard InChI is InChI=1S/C30H24N2O5/c1-31-25-15-23(26(33)16-27(25)37-18-28(31)34)30(36)22-9-5-6-10-24(22)32(29(30)35)17-19-11-13-21(14-12-19)20-7-3-2-4-8-20/h2-16,33,36H,17-18H2,1H3. The molecular formula is C30H24N2O5. The Bertz CT molecular complexity index is 1530. The predicted molar refractivity (Wildman–Crippen MR) is 140 cm³/mol. The van der Waals surface area contributed by atoms with E-state index in [0.717, 1.165) is 16.7 Å². The van der Waals surface area contributed by atoms with Crippen LogP contribution in [0.4, 0.5) is 11.4 Å². The number of anilines is 2. The van der Waals surface area contributed by atoms with E-state index >= 15 is 0 Å². The lowest BCUT2D eigenvalue weighted by molar-refractivity contribution is -0.132. The maximum Gasteiger partial charge on any atom is 0.268 e. The zero-order chi connectivity index (χ0) is 25.7. The van der Waals surface area contributed by atoms with Gasteiger partial charge in [0.25, 0.3) is 11.8 Å². The molecular weight excluding hydrogens is 468 g/mol. The number of aromatic hydroxyl groups is 1. The van der Waals surface area contributed by atoms with E-state index in [1.165, 1.54) is 21.9 Å². The molecule has 0 aliphatic carbocycles. The fourth-order valence-corrected chi connectivity index (χ4v) is 5.06. The highest BCUT2D eigenvalue weighted by molar-refractivity contribution is 6.10. The summed E-state index contributed by atoms with van der Waals surface area (Å²) in [6.45, 7) is 0.0889. The van der Waals surface area contributed by atoms with Gasteiger partial charge in [0.05, 0.1) is 17.9 Å². The number of phenolic OH excluding ortho intramolecular Hbond substituents is 1. The molecule has 2 aliphatic heterocycles. The number of aliphatic hydroxyl groups is 1. The summed E-state index contributed by atoms with van der Waals surface area (Å²) in [4.78, 5) is 29.0. The Hall–Kier alpha value is -4.62. The van der Waals surface area contributed by atoms with Crippen LogP contribution >= 0.6 is 0 Å². The van der Waals surface area contributed by atoms with Crippen LogP contribution in [0.3, 0.4) is 0 Å². The summed E-state index contributed by atoms with van der Waals surface area (Å²) < 4.78 is 5.45. The van der Waals surface area contributed by atoms with E-state index in [2.05, 4.69) is 0 Å². The lowest BCUT2D eigenvalue weighted by Crippen LogP contribution is -2.41.